The highest BCUT2D eigenvalue weighted by Gasteiger charge is 2.15. The molecule has 0 bridgehead atoms. The predicted octanol–water partition coefficient (Wildman–Crippen LogP) is 1.30. The first-order valence-corrected chi connectivity index (χ1v) is 9.25. The van der Waals surface area contributed by atoms with Crippen molar-refractivity contribution >= 4 is 11.9 Å². The lowest BCUT2D eigenvalue weighted by molar-refractivity contribution is 0.0420. The summed E-state index contributed by atoms with van der Waals surface area (Å²) in [6, 6.07) is 7.51. The van der Waals surface area contributed by atoms with Crippen LogP contribution < -0.4 is 16.0 Å². The number of guanidine groups is 1. The molecule has 1 heterocycles. The first-order valence-electron chi connectivity index (χ1n) is 9.25. The van der Waals surface area contributed by atoms with E-state index in [2.05, 4.69) is 20.9 Å². The van der Waals surface area contributed by atoms with Gasteiger partial charge in [-0.25, -0.2) is 4.99 Å². The Morgan fingerprint density at radius 2 is 2.27 bits per heavy atom. The summed E-state index contributed by atoms with van der Waals surface area (Å²) in [5.41, 5.74) is 1.64. The number of benzene rings is 1. The minimum Gasteiger partial charge on any atom is -0.379 e. The highest BCUT2D eigenvalue weighted by atomic mass is 16.5. The van der Waals surface area contributed by atoms with Crippen molar-refractivity contribution in [2.45, 2.75) is 32.4 Å². The van der Waals surface area contributed by atoms with E-state index in [0.29, 0.717) is 25.3 Å². The largest absolute Gasteiger partial charge is 0.379 e. The van der Waals surface area contributed by atoms with Crippen LogP contribution in [-0.2, 0) is 16.0 Å². The lowest BCUT2D eigenvalue weighted by atomic mass is 10.1. The van der Waals surface area contributed by atoms with Gasteiger partial charge in [0.25, 0.3) is 5.91 Å². The summed E-state index contributed by atoms with van der Waals surface area (Å²) in [6.45, 7) is 6.36. The maximum atomic E-state index is 11.7. The molecule has 1 aliphatic heterocycles. The molecule has 0 saturated carbocycles. The molecule has 1 aromatic rings. The molecular weight excluding hydrogens is 332 g/mol. The van der Waals surface area contributed by atoms with E-state index < -0.39 is 0 Å². The minimum atomic E-state index is -0.0893. The molecular formula is C19H30N4O3. The number of rotatable bonds is 9. The van der Waals surface area contributed by atoms with Crippen LogP contribution in [0, 0.1) is 0 Å². The third-order valence-corrected chi connectivity index (χ3v) is 4.04. The van der Waals surface area contributed by atoms with Crippen LogP contribution in [0.15, 0.2) is 29.3 Å². The lowest BCUT2D eigenvalue weighted by Crippen LogP contribution is -2.38. The zero-order valence-electron chi connectivity index (χ0n) is 15.7. The molecule has 7 heteroatoms. The molecule has 1 aromatic carbocycles. The van der Waals surface area contributed by atoms with Crippen molar-refractivity contribution in [2.24, 2.45) is 4.99 Å². The zero-order chi connectivity index (χ0) is 18.6. The predicted molar refractivity (Wildman–Crippen MR) is 102 cm³/mol. The Balaban J connectivity index is 1.77. The molecule has 1 atom stereocenters. The first-order chi connectivity index (χ1) is 12.7. The Labute approximate surface area is 155 Å². The number of carbonyl (C=O) groups is 1. The highest BCUT2D eigenvalue weighted by Crippen LogP contribution is 2.08. The number of ether oxygens (including phenoxy) is 2. The smallest absolute Gasteiger partial charge is 0.251 e. The second-order valence-corrected chi connectivity index (χ2v) is 6.11. The van der Waals surface area contributed by atoms with Crippen LogP contribution in [0.25, 0.3) is 0 Å². The summed E-state index contributed by atoms with van der Waals surface area (Å²) < 4.78 is 11.1. The molecule has 1 saturated heterocycles. The van der Waals surface area contributed by atoms with Crippen LogP contribution in [0.5, 0.6) is 0 Å². The van der Waals surface area contributed by atoms with Crippen molar-refractivity contribution in [1.82, 2.24) is 16.0 Å². The third-order valence-electron chi connectivity index (χ3n) is 4.04. The normalized spacial score (nSPS) is 17.2. The van der Waals surface area contributed by atoms with Gasteiger partial charge in [-0.1, -0.05) is 12.1 Å². The first kappa shape index (κ1) is 20.2. The van der Waals surface area contributed by atoms with Gasteiger partial charge in [0, 0.05) is 38.9 Å². The fourth-order valence-electron chi connectivity index (χ4n) is 2.64. The van der Waals surface area contributed by atoms with Gasteiger partial charge < -0.3 is 25.4 Å². The summed E-state index contributed by atoms with van der Waals surface area (Å²) in [4.78, 5) is 16.3. The molecule has 1 aliphatic rings. The standard InChI is InChI=1S/C19H30N4O3/c1-3-21-19(22-9-5-10-26-17-8-11-25-14-17)23-13-15-6-4-7-16(12-15)18(24)20-2/h4,6-7,12,17H,3,5,8-11,13-14H2,1-2H3,(H,20,24)(H2,21,22,23). The topological polar surface area (TPSA) is 84.0 Å². The van der Waals surface area contributed by atoms with E-state index in [9.17, 15) is 4.79 Å². The fourth-order valence-corrected chi connectivity index (χ4v) is 2.64. The van der Waals surface area contributed by atoms with Crippen molar-refractivity contribution in [3.8, 4) is 0 Å². The summed E-state index contributed by atoms with van der Waals surface area (Å²) >= 11 is 0. The second kappa shape index (κ2) is 11.5. The monoisotopic (exact) mass is 362 g/mol. The summed E-state index contributed by atoms with van der Waals surface area (Å²) in [7, 11) is 1.63. The van der Waals surface area contributed by atoms with E-state index >= 15 is 0 Å². The van der Waals surface area contributed by atoms with Gasteiger partial charge in [0.05, 0.1) is 19.3 Å². The molecule has 1 unspecified atom stereocenters. The Bertz CT molecular complexity index is 586. The fraction of sp³-hybridized carbons (Fsp3) is 0.579. The Morgan fingerprint density at radius 3 is 3.00 bits per heavy atom. The van der Waals surface area contributed by atoms with Gasteiger partial charge in [-0.2, -0.15) is 0 Å². The van der Waals surface area contributed by atoms with Gasteiger partial charge in [-0.05, 0) is 37.5 Å². The molecule has 1 fully saturated rings. The number of nitrogens with one attached hydrogen (secondary N) is 3. The number of aliphatic imine (C=N–C) groups is 1. The number of hydrogen-bond donors (Lipinski definition) is 3. The van der Waals surface area contributed by atoms with Crippen LogP contribution in [0.3, 0.4) is 0 Å². The SMILES string of the molecule is CCNC(=NCc1cccc(C(=O)NC)c1)NCCCOC1CCOC1. The van der Waals surface area contributed by atoms with Gasteiger partial charge in [0.2, 0.25) is 0 Å². The van der Waals surface area contributed by atoms with Gasteiger partial charge in [-0.3, -0.25) is 4.79 Å². The van der Waals surface area contributed by atoms with Crippen LogP contribution in [-0.4, -0.2) is 57.9 Å². The molecule has 3 N–H and O–H groups in total. The van der Waals surface area contributed by atoms with E-state index in [-0.39, 0.29) is 12.0 Å². The van der Waals surface area contributed by atoms with Crippen LogP contribution >= 0.6 is 0 Å². The molecule has 7 nitrogen and oxygen atoms in total. The number of amides is 1. The van der Waals surface area contributed by atoms with Crippen molar-refractivity contribution in [2.75, 3.05) is 40.0 Å². The van der Waals surface area contributed by atoms with Crippen molar-refractivity contribution < 1.29 is 14.3 Å². The molecule has 1 amide bonds. The average molecular weight is 362 g/mol. The Morgan fingerprint density at radius 1 is 1.38 bits per heavy atom. The third kappa shape index (κ3) is 7.01. The number of hydrogen-bond acceptors (Lipinski definition) is 4. The van der Waals surface area contributed by atoms with E-state index in [1.165, 1.54) is 0 Å². The quantitative estimate of drug-likeness (QED) is 0.350. The van der Waals surface area contributed by atoms with E-state index in [0.717, 1.165) is 44.1 Å². The summed E-state index contributed by atoms with van der Waals surface area (Å²) in [5.74, 6) is 0.676. The maximum absolute atomic E-state index is 11.7. The summed E-state index contributed by atoms with van der Waals surface area (Å²) in [5, 5.41) is 9.18. The number of carbonyl (C=O) groups excluding carboxylic acids is 1. The van der Waals surface area contributed by atoms with Gasteiger partial charge in [0.1, 0.15) is 0 Å². The maximum Gasteiger partial charge on any atom is 0.251 e. The molecule has 0 aliphatic carbocycles. The molecule has 0 aromatic heterocycles. The van der Waals surface area contributed by atoms with Crippen LogP contribution in [0.1, 0.15) is 35.7 Å². The molecule has 0 radical (unpaired) electrons. The van der Waals surface area contributed by atoms with E-state index in [1.54, 1.807) is 13.1 Å². The van der Waals surface area contributed by atoms with E-state index in [1.807, 2.05) is 25.1 Å². The van der Waals surface area contributed by atoms with Crippen LogP contribution in [0.2, 0.25) is 0 Å². The number of nitrogens with zero attached hydrogens (tertiary/aromatic N) is 1. The van der Waals surface area contributed by atoms with Crippen molar-refractivity contribution in [3.05, 3.63) is 35.4 Å². The van der Waals surface area contributed by atoms with E-state index in [4.69, 9.17) is 9.47 Å². The minimum absolute atomic E-state index is 0.0893. The Hall–Kier alpha value is -2.12. The molecule has 2 rings (SSSR count). The zero-order valence-corrected chi connectivity index (χ0v) is 15.7. The highest BCUT2D eigenvalue weighted by molar-refractivity contribution is 5.94. The lowest BCUT2D eigenvalue weighted by Gasteiger charge is -2.13. The molecule has 26 heavy (non-hydrogen) atoms. The average Bonchev–Trinajstić information content (AvgIpc) is 3.18. The van der Waals surface area contributed by atoms with Gasteiger partial charge in [0.15, 0.2) is 5.96 Å². The van der Waals surface area contributed by atoms with Crippen molar-refractivity contribution in [1.29, 1.82) is 0 Å². The van der Waals surface area contributed by atoms with Gasteiger partial charge >= 0.3 is 0 Å². The molecule has 144 valence electrons. The summed E-state index contributed by atoms with van der Waals surface area (Å²) in [6.07, 6.45) is 2.16. The molecule has 0 spiro atoms. The van der Waals surface area contributed by atoms with Gasteiger partial charge in [-0.15, -0.1) is 0 Å². The van der Waals surface area contributed by atoms with Crippen LogP contribution in [0.4, 0.5) is 0 Å². The Kier molecular flexibility index (Phi) is 8.92. The second-order valence-electron chi connectivity index (χ2n) is 6.11. The van der Waals surface area contributed by atoms with Crippen molar-refractivity contribution in [3.63, 3.8) is 0 Å².